The van der Waals surface area contributed by atoms with Crippen LogP contribution in [0, 0.1) is 0 Å². The third-order valence-corrected chi connectivity index (χ3v) is 5.41. The SMILES string of the molecule is O=C(CN1C(=O)NC(=O)C1(c1ccccc1)c1ccccc1)N/N=C/c1ccc(Cl)cc1. The van der Waals surface area contributed by atoms with Crippen molar-refractivity contribution in [3.63, 3.8) is 0 Å². The van der Waals surface area contributed by atoms with Gasteiger partial charge in [0.2, 0.25) is 0 Å². The lowest BCUT2D eigenvalue weighted by Crippen LogP contribution is -2.51. The highest BCUT2D eigenvalue weighted by atomic mass is 35.5. The lowest BCUT2D eigenvalue weighted by atomic mass is 9.81. The average molecular weight is 447 g/mol. The summed E-state index contributed by atoms with van der Waals surface area (Å²) in [5.41, 5.74) is 2.83. The van der Waals surface area contributed by atoms with Gasteiger partial charge in [-0.05, 0) is 28.8 Å². The molecular weight excluding hydrogens is 428 g/mol. The highest BCUT2D eigenvalue weighted by Gasteiger charge is 2.55. The number of amides is 4. The minimum Gasteiger partial charge on any atom is -0.292 e. The molecule has 0 spiro atoms. The molecule has 160 valence electrons. The molecule has 0 bridgehead atoms. The van der Waals surface area contributed by atoms with Crippen LogP contribution in [0.25, 0.3) is 0 Å². The summed E-state index contributed by atoms with van der Waals surface area (Å²) < 4.78 is 0. The highest BCUT2D eigenvalue weighted by molar-refractivity contribution is 6.30. The fourth-order valence-electron chi connectivity index (χ4n) is 3.73. The van der Waals surface area contributed by atoms with Gasteiger partial charge in [-0.2, -0.15) is 5.10 Å². The van der Waals surface area contributed by atoms with Gasteiger partial charge in [0.05, 0.1) is 6.21 Å². The van der Waals surface area contributed by atoms with E-state index in [1.165, 1.54) is 11.1 Å². The zero-order chi connectivity index (χ0) is 22.6. The second-order valence-electron chi connectivity index (χ2n) is 7.13. The van der Waals surface area contributed by atoms with E-state index >= 15 is 0 Å². The zero-order valence-corrected chi connectivity index (χ0v) is 17.6. The maximum absolute atomic E-state index is 13.2. The lowest BCUT2D eigenvalue weighted by Gasteiger charge is -2.35. The maximum Gasteiger partial charge on any atom is 0.326 e. The second-order valence-corrected chi connectivity index (χ2v) is 7.57. The summed E-state index contributed by atoms with van der Waals surface area (Å²) in [5, 5.41) is 6.90. The normalized spacial score (nSPS) is 15.1. The fraction of sp³-hybridized carbons (Fsp3) is 0.0833. The summed E-state index contributed by atoms with van der Waals surface area (Å²) in [6.07, 6.45) is 1.46. The first-order valence-corrected chi connectivity index (χ1v) is 10.2. The van der Waals surface area contributed by atoms with E-state index in [9.17, 15) is 14.4 Å². The van der Waals surface area contributed by atoms with Gasteiger partial charge >= 0.3 is 6.03 Å². The number of hydrazone groups is 1. The minimum absolute atomic E-state index is 0.376. The molecule has 1 fully saturated rings. The van der Waals surface area contributed by atoms with Gasteiger partial charge in [0.25, 0.3) is 11.8 Å². The van der Waals surface area contributed by atoms with Crippen molar-refractivity contribution in [1.29, 1.82) is 0 Å². The van der Waals surface area contributed by atoms with Crippen LogP contribution >= 0.6 is 11.6 Å². The molecule has 0 atom stereocenters. The number of hydrogen-bond donors (Lipinski definition) is 2. The molecule has 1 heterocycles. The Kier molecular flexibility index (Phi) is 6.00. The third-order valence-electron chi connectivity index (χ3n) is 5.16. The van der Waals surface area contributed by atoms with Crippen molar-refractivity contribution in [2.24, 2.45) is 5.10 Å². The number of hydrogen-bond acceptors (Lipinski definition) is 4. The molecular formula is C24H19ClN4O3. The van der Waals surface area contributed by atoms with E-state index in [-0.39, 0.29) is 6.54 Å². The molecule has 8 heteroatoms. The Labute approximate surface area is 189 Å². The fourth-order valence-corrected chi connectivity index (χ4v) is 3.85. The average Bonchev–Trinajstić information content (AvgIpc) is 3.06. The Balaban J connectivity index is 1.63. The standard InChI is InChI=1S/C24H19ClN4O3/c25-20-13-11-17(12-14-20)15-26-28-21(30)16-29-23(32)27-22(31)24(29,18-7-3-1-4-8-18)19-9-5-2-6-10-19/h1-15H,16H2,(H,28,30)(H,27,31,32)/b26-15+. The molecule has 1 aliphatic heterocycles. The van der Waals surface area contributed by atoms with Crippen molar-refractivity contribution in [1.82, 2.24) is 15.6 Å². The Morgan fingerprint density at radius 2 is 1.50 bits per heavy atom. The summed E-state index contributed by atoms with van der Waals surface area (Å²) in [4.78, 5) is 39.8. The van der Waals surface area contributed by atoms with E-state index in [4.69, 9.17) is 11.6 Å². The predicted molar refractivity (Wildman–Crippen MR) is 121 cm³/mol. The molecule has 3 aromatic rings. The smallest absolute Gasteiger partial charge is 0.292 e. The van der Waals surface area contributed by atoms with Crippen LogP contribution in [0.4, 0.5) is 4.79 Å². The van der Waals surface area contributed by atoms with Crippen LogP contribution in [0.2, 0.25) is 5.02 Å². The molecule has 4 amide bonds. The number of urea groups is 1. The third kappa shape index (κ3) is 3.98. The number of nitrogens with one attached hydrogen (secondary N) is 2. The Morgan fingerprint density at radius 3 is 2.06 bits per heavy atom. The molecule has 0 saturated carbocycles. The van der Waals surface area contributed by atoms with Gasteiger partial charge in [-0.15, -0.1) is 0 Å². The predicted octanol–water partition coefficient (Wildman–Crippen LogP) is 3.29. The van der Waals surface area contributed by atoms with E-state index in [1.54, 1.807) is 72.8 Å². The van der Waals surface area contributed by atoms with Crippen LogP contribution in [-0.2, 0) is 15.1 Å². The first-order valence-electron chi connectivity index (χ1n) is 9.83. The Morgan fingerprint density at radius 1 is 0.938 bits per heavy atom. The molecule has 32 heavy (non-hydrogen) atoms. The molecule has 1 aliphatic rings. The van der Waals surface area contributed by atoms with E-state index in [2.05, 4.69) is 15.8 Å². The van der Waals surface area contributed by atoms with Crippen LogP contribution < -0.4 is 10.7 Å². The first kappa shape index (κ1) is 21.3. The molecule has 0 unspecified atom stereocenters. The molecule has 4 rings (SSSR count). The van der Waals surface area contributed by atoms with Gasteiger partial charge < -0.3 is 0 Å². The van der Waals surface area contributed by atoms with Gasteiger partial charge in [0.1, 0.15) is 6.54 Å². The Hall–Kier alpha value is -3.97. The van der Waals surface area contributed by atoms with Crippen LogP contribution in [0.15, 0.2) is 90.0 Å². The van der Waals surface area contributed by atoms with E-state index in [0.29, 0.717) is 16.1 Å². The zero-order valence-electron chi connectivity index (χ0n) is 16.9. The summed E-state index contributed by atoms with van der Waals surface area (Å²) in [7, 11) is 0. The number of imide groups is 1. The van der Waals surface area contributed by atoms with Crippen molar-refractivity contribution in [2.45, 2.75) is 5.54 Å². The summed E-state index contributed by atoms with van der Waals surface area (Å²) in [6.45, 7) is -0.376. The van der Waals surface area contributed by atoms with E-state index in [0.717, 1.165) is 5.56 Å². The van der Waals surface area contributed by atoms with E-state index < -0.39 is 23.4 Å². The summed E-state index contributed by atoms with van der Waals surface area (Å²) in [5.74, 6) is -1.06. The molecule has 1 saturated heterocycles. The lowest BCUT2D eigenvalue weighted by molar-refractivity contribution is -0.127. The molecule has 3 aromatic carbocycles. The molecule has 7 nitrogen and oxygen atoms in total. The number of nitrogens with zero attached hydrogens (tertiary/aromatic N) is 2. The topological polar surface area (TPSA) is 90.9 Å². The number of halogens is 1. The van der Waals surface area contributed by atoms with Crippen LogP contribution in [0.3, 0.4) is 0 Å². The molecule has 0 aliphatic carbocycles. The van der Waals surface area contributed by atoms with Crippen molar-refractivity contribution in [2.75, 3.05) is 6.54 Å². The van der Waals surface area contributed by atoms with Crippen molar-refractivity contribution >= 4 is 35.7 Å². The van der Waals surface area contributed by atoms with Crippen molar-refractivity contribution in [3.8, 4) is 0 Å². The van der Waals surface area contributed by atoms with Gasteiger partial charge in [-0.3, -0.25) is 19.8 Å². The van der Waals surface area contributed by atoms with Gasteiger partial charge in [0, 0.05) is 5.02 Å². The second kappa shape index (κ2) is 9.03. The minimum atomic E-state index is -1.48. The highest BCUT2D eigenvalue weighted by Crippen LogP contribution is 2.39. The summed E-state index contributed by atoms with van der Waals surface area (Å²) in [6, 6.07) is 24.1. The van der Waals surface area contributed by atoms with Gasteiger partial charge in [-0.1, -0.05) is 84.4 Å². The molecule has 0 radical (unpaired) electrons. The maximum atomic E-state index is 13.2. The largest absolute Gasteiger partial charge is 0.326 e. The molecule has 2 N–H and O–H groups in total. The number of carbonyl (C=O) groups is 3. The monoisotopic (exact) mass is 446 g/mol. The molecule has 0 aromatic heterocycles. The van der Waals surface area contributed by atoms with Crippen LogP contribution in [0.5, 0.6) is 0 Å². The first-order chi connectivity index (χ1) is 15.5. The number of rotatable bonds is 6. The van der Waals surface area contributed by atoms with Crippen LogP contribution in [0.1, 0.15) is 16.7 Å². The number of carbonyl (C=O) groups excluding carboxylic acids is 3. The van der Waals surface area contributed by atoms with Crippen LogP contribution in [-0.4, -0.2) is 35.5 Å². The van der Waals surface area contributed by atoms with Gasteiger partial charge in [0.15, 0.2) is 5.54 Å². The Bertz CT molecular complexity index is 1130. The summed E-state index contributed by atoms with van der Waals surface area (Å²) >= 11 is 5.86. The van der Waals surface area contributed by atoms with Crippen molar-refractivity contribution in [3.05, 3.63) is 107 Å². The number of benzene rings is 3. The van der Waals surface area contributed by atoms with E-state index in [1.807, 2.05) is 12.1 Å². The van der Waals surface area contributed by atoms with Crippen molar-refractivity contribution < 1.29 is 14.4 Å². The van der Waals surface area contributed by atoms with Gasteiger partial charge in [-0.25, -0.2) is 10.2 Å². The quantitative estimate of drug-likeness (QED) is 0.346.